The Morgan fingerprint density at radius 3 is 2.60 bits per heavy atom. The SMILES string of the molecule is O=C(O)C(NCC1CCCO1)c1ccc(C2CC2)cc1. The Balaban J connectivity index is 1.63. The van der Waals surface area contributed by atoms with Crippen molar-refractivity contribution in [3.63, 3.8) is 0 Å². The van der Waals surface area contributed by atoms with E-state index in [1.165, 1.54) is 18.4 Å². The zero-order valence-electron chi connectivity index (χ0n) is 11.5. The highest BCUT2D eigenvalue weighted by atomic mass is 16.5. The van der Waals surface area contributed by atoms with Gasteiger partial charge in [-0.2, -0.15) is 0 Å². The van der Waals surface area contributed by atoms with Gasteiger partial charge >= 0.3 is 5.97 Å². The maximum absolute atomic E-state index is 11.4. The molecule has 2 N–H and O–H groups in total. The van der Waals surface area contributed by atoms with Gasteiger partial charge in [-0.1, -0.05) is 24.3 Å². The molecule has 108 valence electrons. The summed E-state index contributed by atoms with van der Waals surface area (Å²) in [4.78, 5) is 11.4. The minimum absolute atomic E-state index is 0.155. The Hall–Kier alpha value is -1.39. The summed E-state index contributed by atoms with van der Waals surface area (Å²) in [7, 11) is 0. The number of benzene rings is 1. The molecule has 4 heteroatoms. The van der Waals surface area contributed by atoms with Gasteiger partial charge in [0.1, 0.15) is 6.04 Å². The predicted octanol–water partition coefficient (Wildman–Crippen LogP) is 2.46. The van der Waals surface area contributed by atoms with E-state index >= 15 is 0 Å². The van der Waals surface area contributed by atoms with Crippen molar-refractivity contribution in [2.45, 2.75) is 43.7 Å². The van der Waals surface area contributed by atoms with Gasteiger partial charge in [0.25, 0.3) is 0 Å². The zero-order valence-corrected chi connectivity index (χ0v) is 11.5. The molecular weight excluding hydrogens is 254 g/mol. The van der Waals surface area contributed by atoms with Crippen LogP contribution in [0.25, 0.3) is 0 Å². The highest BCUT2D eigenvalue weighted by molar-refractivity contribution is 5.75. The number of hydrogen-bond acceptors (Lipinski definition) is 3. The summed E-state index contributed by atoms with van der Waals surface area (Å²) in [6.07, 6.45) is 4.76. The number of carbonyl (C=O) groups is 1. The third kappa shape index (κ3) is 3.19. The fraction of sp³-hybridized carbons (Fsp3) is 0.562. The second-order valence-corrected chi connectivity index (χ2v) is 5.76. The normalized spacial score (nSPS) is 23.7. The van der Waals surface area contributed by atoms with Gasteiger partial charge in [-0.3, -0.25) is 10.1 Å². The summed E-state index contributed by atoms with van der Waals surface area (Å²) in [5.74, 6) is -0.130. The zero-order chi connectivity index (χ0) is 13.9. The van der Waals surface area contributed by atoms with Gasteiger partial charge < -0.3 is 9.84 Å². The first-order valence-corrected chi connectivity index (χ1v) is 7.41. The van der Waals surface area contributed by atoms with Crippen molar-refractivity contribution >= 4 is 5.97 Å². The minimum atomic E-state index is -0.831. The van der Waals surface area contributed by atoms with Gasteiger partial charge in [0.2, 0.25) is 0 Å². The Morgan fingerprint density at radius 2 is 2.05 bits per heavy atom. The number of carboxylic acid groups (broad SMARTS) is 1. The lowest BCUT2D eigenvalue weighted by atomic mass is 10.0. The van der Waals surface area contributed by atoms with E-state index in [9.17, 15) is 9.90 Å². The molecule has 1 aliphatic carbocycles. The molecule has 3 rings (SSSR count). The smallest absolute Gasteiger partial charge is 0.325 e. The first-order chi connectivity index (χ1) is 9.74. The van der Waals surface area contributed by atoms with Crippen molar-refractivity contribution < 1.29 is 14.6 Å². The predicted molar refractivity (Wildman–Crippen MR) is 75.8 cm³/mol. The van der Waals surface area contributed by atoms with Gasteiger partial charge in [0.05, 0.1) is 6.10 Å². The molecule has 2 unspecified atom stereocenters. The van der Waals surface area contributed by atoms with Crippen molar-refractivity contribution in [2.75, 3.05) is 13.2 Å². The molecule has 0 amide bonds. The van der Waals surface area contributed by atoms with Gasteiger partial charge in [0, 0.05) is 13.2 Å². The number of carboxylic acids is 1. The molecule has 0 spiro atoms. The number of rotatable bonds is 6. The lowest BCUT2D eigenvalue weighted by Gasteiger charge is -2.18. The average Bonchev–Trinajstić information content (AvgIpc) is 3.17. The summed E-state index contributed by atoms with van der Waals surface area (Å²) in [5.41, 5.74) is 2.15. The van der Waals surface area contributed by atoms with Gasteiger partial charge in [-0.25, -0.2) is 0 Å². The molecule has 0 radical (unpaired) electrons. The molecule has 1 saturated heterocycles. The molecule has 1 aliphatic heterocycles. The Bertz CT molecular complexity index is 461. The average molecular weight is 275 g/mol. The van der Waals surface area contributed by atoms with E-state index in [1.54, 1.807) is 0 Å². The second-order valence-electron chi connectivity index (χ2n) is 5.76. The van der Waals surface area contributed by atoms with Gasteiger partial charge in [-0.05, 0) is 42.7 Å². The summed E-state index contributed by atoms with van der Waals surface area (Å²) < 4.78 is 5.52. The maximum Gasteiger partial charge on any atom is 0.325 e. The van der Waals surface area contributed by atoms with E-state index < -0.39 is 12.0 Å². The third-order valence-corrected chi connectivity index (χ3v) is 4.14. The largest absolute Gasteiger partial charge is 0.480 e. The summed E-state index contributed by atoms with van der Waals surface area (Å²) in [5, 5.41) is 12.5. The van der Waals surface area contributed by atoms with E-state index in [2.05, 4.69) is 17.4 Å². The molecule has 2 aliphatic rings. The maximum atomic E-state index is 11.4. The monoisotopic (exact) mass is 275 g/mol. The van der Waals surface area contributed by atoms with E-state index in [-0.39, 0.29) is 6.10 Å². The fourth-order valence-electron chi connectivity index (χ4n) is 2.78. The van der Waals surface area contributed by atoms with Crippen LogP contribution in [0.15, 0.2) is 24.3 Å². The molecule has 0 aromatic heterocycles. The van der Waals surface area contributed by atoms with Crippen molar-refractivity contribution in [2.24, 2.45) is 0 Å². The molecule has 1 saturated carbocycles. The third-order valence-electron chi connectivity index (χ3n) is 4.14. The Morgan fingerprint density at radius 1 is 1.30 bits per heavy atom. The number of aliphatic carboxylic acids is 1. The lowest BCUT2D eigenvalue weighted by Crippen LogP contribution is -2.34. The van der Waals surface area contributed by atoms with Crippen LogP contribution in [-0.2, 0) is 9.53 Å². The molecule has 2 fully saturated rings. The van der Waals surface area contributed by atoms with Crippen LogP contribution in [0.3, 0.4) is 0 Å². The standard InChI is InChI=1S/C16H21NO3/c18-16(19)15(17-10-14-2-1-9-20-14)13-7-5-12(6-8-13)11-3-4-11/h5-8,11,14-15,17H,1-4,9-10H2,(H,18,19). The number of ether oxygens (including phenoxy) is 1. The van der Waals surface area contributed by atoms with Crippen LogP contribution in [0.4, 0.5) is 0 Å². The summed E-state index contributed by atoms with van der Waals surface area (Å²) >= 11 is 0. The van der Waals surface area contributed by atoms with Gasteiger partial charge in [0.15, 0.2) is 0 Å². The minimum Gasteiger partial charge on any atom is -0.480 e. The van der Waals surface area contributed by atoms with Crippen molar-refractivity contribution in [1.82, 2.24) is 5.32 Å². The number of hydrogen-bond donors (Lipinski definition) is 2. The van der Waals surface area contributed by atoms with Crippen LogP contribution >= 0.6 is 0 Å². The molecule has 20 heavy (non-hydrogen) atoms. The molecule has 0 bridgehead atoms. The molecule has 2 atom stereocenters. The van der Waals surface area contributed by atoms with Crippen LogP contribution < -0.4 is 5.32 Å². The summed E-state index contributed by atoms with van der Waals surface area (Å²) in [6.45, 7) is 1.39. The highest BCUT2D eigenvalue weighted by Gasteiger charge is 2.25. The van der Waals surface area contributed by atoms with E-state index in [1.807, 2.05) is 12.1 Å². The second kappa shape index (κ2) is 5.94. The molecule has 1 aromatic carbocycles. The first kappa shape index (κ1) is 13.6. The van der Waals surface area contributed by atoms with E-state index in [0.29, 0.717) is 12.5 Å². The molecule has 1 heterocycles. The molecular formula is C16H21NO3. The molecule has 1 aromatic rings. The summed E-state index contributed by atoms with van der Waals surface area (Å²) in [6, 6.07) is 7.37. The van der Waals surface area contributed by atoms with Crippen molar-refractivity contribution in [3.05, 3.63) is 35.4 Å². The van der Waals surface area contributed by atoms with Crippen LogP contribution in [0.1, 0.15) is 48.8 Å². The fourth-order valence-corrected chi connectivity index (χ4v) is 2.78. The van der Waals surface area contributed by atoms with E-state index in [0.717, 1.165) is 25.0 Å². The lowest BCUT2D eigenvalue weighted by molar-refractivity contribution is -0.139. The first-order valence-electron chi connectivity index (χ1n) is 7.41. The van der Waals surface area contributed by atoms with Crippen molar-refractivity contribution in [1.29, 1.82) is 0 Å². The highest BCUT2D eigenvalue weighted by Crippen LogP contribution is 2.40. The van der Waals surface area contributed by atoms with Crippen LogP contribution in [-0.4, -0.2) is 30.3 Å². The van der Waals surface area contributed by atoms with Crippen LogP contribution in [0.2, 0.25) is 0 Å². The Labute approximate surface area is 119 Å². The molecule has 4 nitrogen and oxygen atoms in total. The van der Waals surface area contributed by atoms with Crippen molar-refractivity contribution in [3.8, 4) is 0 Å². The quantitative estimate of drug-likeness (QED) is 0.837. The topological polar surface area (TPSA) is 58.6 Å². The number of nitrogens with one attached hydrogen (secondary N) is 1. The van der Waals surface area contributed by atoms with Crippen LogP contribution in [0.5, 0.6) is 0 Å². The van der Waals surface area contributed by atoms with E-state index in [4.69, 9.17) is 4.74 Å². The van der Waals surface area contributed by atoms with Crippen LogP contribution in [0, 0.1) is 0 Å². The Kier molecular flexibility index (Phi) is 4.03. The van der Waals surface area contributed by atoms with Gasteiger partial charge in [-0.15, -0.1) is 0 Å².